The molecule has 2 amide bonds. The van der Waals surface area contributed by atoms with E-state index in [1.165, 1.54) is 0 Å². The Morgan fingerprint density at radius 2 is 2.10 bits per heavy atom. The van der Waals surface area contributed by atoms with Gasteiger partial charge in [0.2, 0.25) is 11.8 Å². The number of carbonyl (C=O) groups excluding carboxylic acids is 2. The molecule has 1 atom stereocenters. The molecular formula is C14H18N4O2. The molecular weight excluding hydrogens is 256 g/mol. The van der Waals surface area contributed by atoms with E-state index in [2.05, 4.69) is 5.32 Å². The number of nitrogens with one attached hydrogen (secondary N) is 1. The average molecular weight is 274 g/mol. The fraction of sp³-hybridized carbons (Fsp3) is 0.357. The molecule has 6 heteroatoms. The number of para-hydroxylation sites is 1. The van der Waals surface area contributed by atoms with Crippen LogP contribution < -0.4 is 11.1 Å². The van der Waals surface area contributed by atoms with E-state index in [0.717, 1.165) is 0 Å². The average Bonchev–Trinajstić information content (AvgIpc) is 2.44. The highest BCUT2D eigenvalue weighted by atomic mass is 16.2. The van der Waals surface area contributed by atoms with Crippen LogP contribution in [0.25, 0.3) is 0 Å². The van der Waals surface area contributed by atoms with E-state index in [-0.39, 0.29) is 12.5 Å². The third-order valence-corrected chi connectivity index (χ3v) is 3.00. The summed E-state index contributed by atoms with van der Waals surface area (Å²) in [5.41, 5.74) is 6.00. The molecule has 0 fully saturated rings. The van der Waals surface area contributed by atoms with Gasteiger partial charge in [0.1, 0.15) is 6.07 Å². The molecule has 0 heterocycles. The fourth-order valence-electron chi connectivity index (χ4n) is 1.82. The van der Waals surface area contributed by atoms with Crippen molar-refractivity contribution in [2.75, 3.05) is 18.4 Å². The Bertz CT molecular complexity index is 536. The lowest BCUT2D eigenvalue weighted by molar-refractivity contribution is -0.123. The van der Waals surface area contributed by atoms with E-state index in [4.69, 9.17) is 11.0 Å². The van der Waals surface area contributed by atoms with Crippen molar-refractivity contribution >= 4 is 17.5 Å². The SMILES string of the molecule is CCN(CC(N)=O)C(C)C(=O)Nc1ccccc1C#N. The molecule has 1 rings (SSSR count). The zero-order valence-electron chi connectivity index (χ0n) is 11.6. The van der Waals surface area contributed by atoms with Crippen LogP contribution in [-0.2, 0) is 9.59 Å². The second kappa shape index (κ2) is 7.26. The number of nitrogens with zero attached hydrogens (tertiary/aromatic N) is 2. The molecule has 1 aromatic rings. The molecule has 1 aromatic carbocycles. The van der Waals surface area contributed by atoms with Gasteiger partial charge in [-0.2, -0.15) is 5.26 Å². The molecule has 0 saturated carbocycles. The van der Waals surface area contributed by atoms with E-state index in [1.807, 2.05) is 13.0 Å². The number of nitrogens with two attached hydrogens (primary N) is 1. The summed E-state index contributed by atoms with van der Waals surface area (Å²) in [6, 6.07) is 8.25. The van der Waals surface area contributed by atoms with Crippen LogP contribution in [0, 0.1) is 11.3 Å². The van der Waals surface area contributed by atoms with Gasteiger partial charge < -0.3 is 11.1 Å². The molecule has 0 aliphatic carbocycles. The van der Waals surface area contributed by atoms with E-state index in [0.29, 0.717) is 17.8 Å². The fourth-order valence-corrected chi connectivity index (χ4v) is 1.82. The lowest BCUT2D eigenvalue weighted by Crippen LogP contribution is -2.45. The largest absolute Gasteiger partial charge is 0.369 e. The first-order valence-electron chi connectivity index (χ1n) is 6.32. The molecule has 0 radical (unpaired) electrons. The molecule has 0 aromatic heterocycles. The monoisotopic (exact) mass is 274 g/mol. The molecule has 0 spiro atoms. The number of primary amides is 1. The van der Waals surface area contributed by atoms with Crippen LogP contribution in [0.3, 0.4) is 0 Å². The van der Waals surface area contributed by atoms with E-state index in [1.54, 1.807) is 36.1 Å². The zero-order chi connectivity index (χ0) is 15.1. The first-order valence-corrected chi connectivity index (χ1v) is 6.32. The van der Waals surface area contributed by atoms with Gasteiger partial charge in [0.15, 0.2) is 0 Å². The van der Waals surface area contributed by atoms with Crippen LogP contribution in [0.15, 0.2) is 24.3 Å². The lowest BCUT2D eigenvalue weighted by atomic mass is 10.2. The van der Waals surface area contributed by atoms with Crippen LogP contribution in [0.2, 0.25) is 0 Å². The maximum atomic E-state index is 12.1. The Morgan fingerprint density at radius 1 is 1.45 bits per heavy atom. The number of amides is 2. The van der Waals surface area contributed by atoms with E-state index < -0.39 is 11.9 Å². The van der Waals surface area contributed by atoms with Crippen molar-refractivity contribution in [1.82, 2.24) is 4.90 Å². The second-order valence-electron chi connectivity index (χ2n) is 4.35. The number of rotatable bonds is 6. The van der Waals surface area contributed by atoms with Crippen LogP contribution in [0.4, 0.5) is 5.69 Å². The summed E-state index contributed by atoms with van der Waals surface area (Å²) < 4.78 is 0. The van der Waals surface area contributed by atoms with Gasteiger partial charge in [-0.05, 0) is 25.6 Å². The van der Waals surface area contributed by atoms with Crippen molar-refractivity contribution in [2.24, 2.45) is 5.73 Å². The van der Waals surface area contributed by atoms with Crippen molar-refractivity contribution in [3.05, 3.63) is 29.8 Å². The Labute approximate surface area is 118 Å². The zero-order valence-corrected chi connectivity index (χ0v) is 11.6. The van der Waals surface area contributed by atoms with Crippen molar-refractivity contribution < 1.29 is 9.59 Å². The van der Waals surface area contributed by atoms with E-state index in [9.17, 15) is 9.59 Å². The van der Waals surface area contributed by atoms with Gasteiger partial charge in [0, 0.05) is 0 Å². The molecule has 106 valence electrons. The molecule has 20 heavy (non-hydrogen) atoms. The van der Waals surface area contributed by atoms with Crippen molar-refractivity contribution in [1.29, 1.82) is 5.26 Å². The number of anilines is 1. The van der Waals surface area contributed by atoms with Crippen LogP contribution >= 0.6 is 0 Å². The minimum absolute atomic E-state index is 0.0188. The van der Waals surface area contributed by atoms with E-state index >= 15 is 0 Å². The summed E-state index contributed by atoms with van der Waals surface area (Å²) in [5.74, 6) is -0.764. The summed E-state index contributed by atoms with van der Waals surface area (Å²) in [4.78, 5) is 24.8. The summed E-state index contributed by atoms with van der Waals surface area (Å²) in [5, 5.41) is 11.7. The van der Waals surface area contributed by atoms with Gasteiger partial charge in [-0.1, -0.05) is 19.1 Å². The number of hydrogen-bond donors (Lipinski definition) is 2. The molecule has 0 bridgehead atoms. The molecule has 1 unspecified atom stereocenters. The third-order valence-electron chi connectivity index (χ3n) is 3.00. The smallest absolute Gasteiger partial charge is 0.241 e. The quantitative estimate of drug-likeness (QED) is 0.797. The Balaban J connectivity index is 2.79. The predicted octanol–water partition coefficient (Wildman–Crippen LogP) is 0.692. The standard InChI is InChI=1S/C14H18N4O2/c1-3-18(9-13(16)19)10(2)14(20)17-12-7-5-4-6-11(12)8-15/h4-7,10H,3,9H2,1-2H3,(H2,16,19)(H,17,20). The van der Waals surface area contributed by atoms with Gasteiger partial charge in [-0.3, -0.25) is 14.5 Å². The minimum Gasteiger partial charge on any atom is -0.369 e. The third kappa shape index (κ3) is 4.07. The van der Waals surface area contributed by atoms with Crippen molar-refractivity contribution in [3.8, 4) is 6.07 Å². The highest BCUT2D eigenvalue weighted by Crippen LogP contribution is 2.14. The number of hydrogen-bond acceptors (Lipinski definition) is 4. The normalized spacial score (nSPS) is 11.7. The Hall–Kier alpha value is -2.39. The van der Waals surface area contributed by atoms with Gasteiger partial charge in [0.05, 0.1) is 23.8 Å². The Morgan fingerprint density at radius 3 is 2.65 bits per heavy atom. The number of likely N-dealkylation sites (N-methyl/N-ethyl adjacent to an activating group) is 1. The molecule has 0 saturated heterocycles. The number of nitriles is 1. The Kier molecular flexibility index (Phi) is 5.69. The summed E-state index contributed by atoms with van der Waals surface area (Å²) in [7, 11) is 0. The molecule has 0 aliphatic heterocycles. The molecule has 6 nitrogen and oxygen atoms in total. The highest BCUT2D eigenvalue weighted by Gasteiger charge is 2.21. The van der Waals surface area contributed by atoms with Crippen LogP contribution in [-0.4, -0.2) is 35.8 Å². The van der Waals surface area contributed by atoms with Gasteiger partial charge >= 0.3 is 0 Å². The summed E-state index contributed by atoms with van der Waals surface area (Å²) in [6.45, 7) is 4.08. The topological polar surface area (TPSA) is 99.2 Å². The van der Waals surface area contributed by atoms with Gasteiger partial charge in [0.25, 0.3) is 0 Å². The first kappa shape index (κ1) is 15.7. The maximum absolute atomic E-state index is 12.1. The number of benzene rings is 1. The highest BCUT2D eigenvalue weighted by molar-refractivity contribution is 5.96. The summed E-state index contributed by atoms with van der Waals surface area (Å²) >= 11 is 0. The van der Waals surface area contributed by atoms with Crippen molar-refractivity contribution in [2.45, 2.75) is 19.9 Å². The predicted molar refractivity (Wildman–Crippen MR) is 75.7 cm³/mol. The first-order chi connectivity index (χ1) is 9.49. The molecule has 0 aliphatic rings. The maximum Gasteiger partial charge on any atom is 0.241 e. The second-order valence-corrected chi connectivity index (χ2v) is 4.35. The van der Waals surface area contributed by atoms with Gasteiger partial charge in [-0.15, -0.1) is 0 Å². The summed E-state index contributed by atoms with van der Waals surface area (Å²) in [6.07, 6.45) is 0. The van der Waals surface area contributed by atoms with Crippen molar-refractivity contribution in [3.63, 3.8) is 0 Å². The number of carbonyl (C=O) groups is 2. The van der Waals surface area contributed by atoms with Crippen LogP contribution in [0.5, 0.6) is 0 Å². The minimum atomic E-state index is -0.515. The van der Waals surface area contributed by atoms with Gasteiger partial charge in [-0.25, -0.2) is 0 Å². The lowest BCUT2D eigenvalue weighted by Gasteiger charge is -2.25. The van der Waals surface area contributed by atoms with Crippen LogP contribution in [0.1, 0.15) is 19.4 Å². The molecule has 3 N–H and O–H groups in total.